The topological polar surface area (TPSA) is 81.7 Å². The SMILES string of the molecule is Cc1cc(F)ccc1Cc1cc2c(nn1)C(C)(C)CN2C(=O)CN1C[C@@H](C)NC[C@@H]1CN1Cc2ccc(F)cc2C1=O. The van der Waals surface area contributed by atoms with Crippen molar-refractivity contribution in [3.05, 3.63) is 87.7 Å². The smallest absolute Gasteiger partial charge is 0.254 e. The Morgan fingerprint density at radius 1 is 1.10 bits per heavy atom. The molecule has 0 unspecified atom stereocenters. The Morgan fingerprint density at radius 3 is 2.64 bits per heavy atom. The number of rotatable bonds is 6. The van der Waals surface area contributed by atoms with Gasteiger partial charge >= 0.3 is 0 Å². The van der Waals surface area contributed by atoms with Gasteiger partial charge in [0.25, 0.3) is 5.91 Å². The average Bonchev–Trinajstić information content (AvgIpc) is 3.39. The van der Waals surface area contributed by atoms with Gasteiger partial charge < -0.3 is 15.1 Å². The second-order valence-corrected chi connectivity index (χ2v) is 12.6. The lowest BCUT2D eigenvalue weighted by atomic mass is 9.91. The molecule has 3 aromatic rings. The van der Waals surface area contributed by atoms with E-state index in [-0.39, 0.29) is 41.7 Å². The summed E-state index contributed by atoms with van der Waals surface area (Å²) in [6.07, 6.45) is 0.488. The summed E-state index contributed by atoms with van der Waals surface area (Å²) in [5, 5.41) is 12.5. The number of anilines is 1. The van der Waals surface area contributed by atoms with Crippen LogP contribution in [0, 0.1) is 18.6 Å². The minimum absolute atomic E-state index is 0.0315. The van der Waals surface area contributed by atoms with Gasteiger partial charge in [-0.3, -0.25) is 14.5 Å². The molecule has 6 rings (SSSR count). The summed E-state index contributed by atoms with van der Waals surface area (Å²) < 4.78 is 27.4. The molecule has 2 atom stereocenters. The number of hydrogen-bond donors (Lipinski definition) is 1. The fourth-order valence-electron chi connectivity index (χ4n) is 6.43. The Morgan fingerprint density at radius 2 is 1.86 bits per heavy atom. The van der Waals surface area contributed by atoms with Crippen LogP contribution in [0.3, 0.4) is 0 Å². The van der Waals surface area contributed by atoms with Crippen molar-refractivity contribution in [2.75, 3.05) is 37.6 Å². The first-order valence-corrected chi connectivity index (χ1v) is 14.5. The van der Waals surface area contributed by atoms with Crippen LogP contribution in [0.25, 0.3) is 0 Å². The van der Waals surface area contributed by atoms with Gasteiger partial charge in [-0.1, -0.05) is 26.0 Å². The number of carbonyl (C=O) groups is 2. The van der Waals surface area contributed by atoms with E-state index in [2.05, 4.69) is 41.2 Å². The Kier molecular flexibility index (Phi) is 7.31. The molecule has 0 radical (unpaired) electrons. The summed E-state index contributed by atoms with van der Waals surface area (Å²) in [5.41, 5.74) is 4.95. The second kappa shape index (κ2) is 10.8. The van der Waals surface area contributed by atoms with Gasteiger partial charge in [0.1, 0.15) is 11.6 Å². The van der Waals surface area contributed by atoms with Crippen LogP contribution in [0.1, 0.15) is 59.2 Å². The molecule has 0 spiro atoms. The lowest BCUT2D eigenvalue weighted by molar-refractivity contribution is -0.120. The zero-order valence-corrected chi connectivity index (χ0v) is 24.5. The van der Waals surface area contributed by atoms with Crippen molar-refractivity contribution in [1.82, 2.24) is 25.3 Å². The molecule has 42 heavy (non-hydrogen) atoms. The van der Waals surface area contributed by atoms with Crippen molar-refractivity contribution < 1.29 is 18.4 Å². The van der Waals surface area contributed by atoms with Crippen LogP contribution in [-0.4, -0.2) is 76.6 Å². The minimum atomic E-state index is -0.418. The molecule has 3 aliphatic heterocycles. The van der Waals surface area contributed by atoms with E-state index in [1.807, 2.05) is 17.9 Å². The fraction of sp³-hybridized carbons (Fsp3) is 0.438. The van der Waals surface area contributed by atoms with Crippen molar-refractivity contribution in [3.63, 3.8) is 0 Å². The van der Waals surface area contributed by atoms with E-state index in [0.29, 0.717) is 44.7 Å². The van der Waals surface area contributed by atoms with Gasteiger partial charge in [-0.15, -0.1) is 0 Å². The summed E-state index contributed by atoms with van der Waals surface area (Å²) in [7, 11) is 0. The Labute approximate surface area is 244 Å². The highest BCUT2D eigenvalue weighted by Gasteiger charge is 2.42. The Balaban J connectivity index is 1.20. The molecule has 0 aliphatic carbocycles. The van der Waals surface area contributed by atoms with Gasteiger partial charge in [-0.25, -0.2) is 8.78 Å². The van der Waals surface area contributed by atoms with Crippen LogP contribution < -0.4 is 10.2 Å². The number of hydrogen-bond acceptors (Lipinski definition) is 6. The number of carbonyl (C=O) groups excluding carboxylic acids is 2. The summed E-state index contributed by atoms with van der Waals surface area (Å²) in [6.45, 7) is 10.9. The van der Waals surface area contributed by atoms with Gasteiger partial charge in [-0.05, 0) is 60.9 Å². The summed E-state index contributed by atoms with van der Waals surface area (Å²) in [4.78, 5) is 32.7. The molecule has 8 nitrogen and oxygen atoms in total. The molecule has 1 aromatic heterocycles. The van der Waals surface area contributed by atoms with Crippen LogP contribution in [0.15, 0.2) is 42.5 Å². The molecule has 220 valence electrons. The third-order valence-corrected chi connectivity index (χ3v) is 8.73. The Bertz CT molecular complexity index is 1560. The molecule has 1 saturated heterocycles. The van der Waals surface area contributed by atoms with Crippen molar-refractivity contribution in [2.45, 2.75) is 58.2 Å². The first-order chi connectivity index (χ1) is 20.0. The van der Waals surface area contributed by atoms with Gasteiger partial charge in [0, 0.05) is 62.2 Å². The predicted molar refractivity (Wildman–Crippen MR) is 155 cm³/mol. The van der Waals surface area contributed by atoms with E-state index in [9.17, 15) is 18.4 Å². The number of nitrogens with one attached hydrogen (secondary N) is 1. The van der Waals surface area contributed by atoms with E-state index in [4.69, 9.17) is 0 Å². The molecule has 2 aromatic carbocycles. The molecule has 3 aliphatic rings. The standard InChI is InChI=1S/C32H36F2N6O2/c1-19-9-23(33)7-5-21(19)10-25-12-28-30(37-36-25)32(3,4)18-40(28)29(41)17-38-14-20(2)35-13-26(38)16-39-15-22-6-8-24(34)11-27(22)31(39)42/h5-9,11-12,20,26,35H,10,13-18H2,1-4H3/t20-,26-/m1/s1. The third kappa shape index (κ3) is 5.41. The number of piperazine rings is 1. The zero-order valence-electron chi connectivity index (χ0n) is 24.5. The molecule has 0 bridgehead atoms. The van der Waals surface area contributed by atoms with E-state index < -0.39 is 5.82 Å². The van der Waals surface area contributed by atoms with Crippen molar-refractivity contribution in [3.8, 4) is 0 Å². The van der Waals surface area contributed by atoms with E-state index in [1.54, 1.807) is 17.0 Å². The molecule has 1 N–H and O–H groups in total. The number of aryl methyl sites for hydroxylation is 1. The first-order valence-electron chi connectivity index (χ1n) is 14.5. The highest BCUT2D eigenvalue weighted by molar-refractivity contribution is 5.98. The van der Waals surface area contributed by atoms with Crippen LogP contribution >= 0.6 is 0 Å². The average molecular weight is 575 g/mol. The maximum absolute atomic E-state index is 13.9. The number of benzene rings is 2. The molecule has 10 heteroatoms. The van der Waals surface area contributed by atoms with Crippen LogP contribution in [-0.2, 0) is 23.2 Å². The lowest BCUT2D eigenvalue weighted by Gasteiger charge is -2.41. The number of amides is 2. The second-order valence-electron chi connectivity index (χ2n) is 12.6. The predicted octanol–water partition coefficient (Wildman–Crippen LogP) is 3.60. The first kappa shape index (κ1) is 28.4. The highest BCUT2D eigenvalue weighted by atomic mass is 19.1. The molecular weight excluding hydrogens is 538 g/mol. The van der Waals surface area contributed by atoms with Crippen LogP contribution in [0.4, 0.5) is 14.5 Å². The normalized spacial score (nSPS) is 21.5. The molecule has 0 saturated carbocycles. The van der Waals surface area contributed by atoms with Crippen LogP contribution in [0.2, 0.25) is 0 Å². The van der Waals surface area contributed by atoms with Gasteiger partial charge in [-0.2, -0.15) is 10.2 Å². The minimum Gasteiger partial charge on any atom is -0.333 e. The molecular formula is C32H36F2N6O2. The number of aromatic nitrogens is 2. The monoisotopic (exact) mass is 574 g/mol. The molecule has 4 heterocycles. The summed E-state index contributed by atoms with van der Waals surface area (Å²) in [5.74, 6) is -0.898. The quantitative estimate of drug-likeness (QED) is 0.485. The number of halogens is 2. The van der Waals surface area contributed by atoms with E-state index in [1.165, 1.54) is 24.3 Å². The highest BCUT2D eigenvalue weighted by Crippen LogP contribution is 2.39. The maximum Gasteiger partial charge on any atom is 0.254 e. The van der Waals surface area contributed by atoms with E-state index >= 15 is 0 Å². The fourth-order valence-corrected chi connectivity index (χ4v) is 6.43. The number of fused-ring (bicyclic) bond motifs is 2. The van der Waals surface area contributed by atoms with Crippen molar-refractivity contribution in [2.24, 2.45) is 0 Å². The third-order valence-electron chi connectivity index (χ3n) is 8.73. The zero-order chi connectivity index (χ0) is 29.8. The molecule has 1 fully saturated rings. The van der Waals surface area contributed by atoms with Crippen molar-refractivity contribution >= 4 is 17.5 Å². The summed E-state index contributed by atoms with van der Waals surface area (Å²) in [6, 6.07) is 11.1. The lowest BCUT2D eigenvalue weighted by Crippen LogP contribution is -2.60. The summed E-state index contributed by atoms with van der Waals surface area (Å²) >= 11 is 0. The van der Waals surface area contributed by atoms with Gasteiger partial charge in [0.05, 0.1) is 23.6 Å². The van der Waals surface area contributed by atoms with Gasteiger partial charge in [0.2, 0.25) is 5.91 Å². The maximum atomic E-state index is 13.9. The molecule has 2 amide bonds. The van der Waals surface area contributed by atoms with Gasteiger partial charge in [0.15, 0.2) is 0 Å². The Hall–Kier alpha value is -3.76. The van der Waals surface area contributed by atoms with E-state index in [0.717, 1.165) is 33.8 Å². The number of nitrogens with zero attached hydrogens (tertiary/aromatic N) is 5. The van der Waals surface area contributed by atoms with Crippen molar-refractivity contribution in [1.29, 1.82) is 0 Å². The largest absolute Gasteiger partial charge is 0.333 e. The van der Waals surface area contributed by atoms with Crippen LogP contribution in [0.5, 0.6) is 0 Å².